The Labute approximate surface area is 194 Å². The van der Waals surface area contributed by atoms with E-state index in [0.717, 1.165) is 21.9 Å². The van der Waals surface area contributed by atoms with Gasteiger partial charge >= 0.3 is 0 Å². The van der Waals surface area contributed by atoms with Crippen LogP contribution in [0.3, 0.4) is 0 Å². The fourth-order valence-corrected chi connectivity index (χ4v) is 8.93. The molecule has 1 aliphatic rings. The monoisotopic (exact) mass is 447 g/mol. The summed E-state index contributed by atoms with van der Waals surface area (Å²) >= 11 is 0. The maximum atomic E-state index is 15.4. The molecule has 1 aromatic heterocycles. The number of hydrogen-bond acceptors (Lipinski definition) is 1. The van der Waals surface area contributed by atoms with Gasteiger partial charge in [0.2, 0.25) is 0 Å². The van der Waals surface area contributed by atoms with E-state index in [4.69, 9.17) is 0 Å². The second-order valence-corrected chi connectivity index (χ2v) is 12.1. The van der Waals surface area contributed by atoms with Gasteiger partial charge in [0.1, 0.15) is 12.9 Å². The van der Waals surface area contributed by atoms with Crippen molar-refractivity contribution in [2.75, 3.05) is 0 Å². The van der Waals surface area contributed by atoms with Gasteiger partial charge in [-0.2, -0.15) is 0 Å². The lowest BCUT2D eigenvalue weighted by atomic mass is 10.0. The van der Waals surface area contributed by atoms with Crippen LogP contribution in [0.1, 0.15) is 28.0 Å². The van der Waals surface area contributed by atoms with Crippen molar-refractivity contribution in [3.63, 3.8) is 0 Å². The molecule has 33 heavy (non-hydrogen) atoms. The maximum absolute atomic E-state index is 15.4. The van der Waals surface area contributed by atoms with Gasteiger partial charge in [-0.15, -0.1) is 0 Å². The Bertz CT molecular complexity index is 1540. The molecule has 2 nitrogen and oxygen atoms in total. The minimum atomic E-state index is -2.92. The van der Waals surface area contributed by atoms with E-state index < -0.39 is 7.14 Å². The molecular formula is C30H26NOP. The second-order valence-electron chi connectivity index (χ2n) is 9.20. The van der Waals surface area contributed by atoms with Crippen molar-refractivity contribution in [3.05, 3.63) is 126 Å². The average molecular weight is 448 g/mol. The molecule has 0 fully saturated rings. The molecule has 0 radical (unpaired) electrons. The molecule has 0 amide bonds. The summed E-state index contributed by atoms with van der Waals surface area (Å²) in [5.41, 5.74) is 8.13. The molecule has 4 aromatic carbocycles. The van der Waals surface area contributed by atoms with Crippen molar-refractivity contribution in [2.24, 2.45) is 0 Å². The maximum Gasteiger partial charge on any atom is 0.146 e. The molecule has 6 rings (SSSR count). The molecule has 0 N–H and O–H groups in total. The molecule has 0 aliphatic carbocycles. The zero-order chi connectivity index (χ0) is 22.6. The lowest BCUT2D eigenvalue weighted by Gasteiger charge is -2.35. The first-order valence-corrected chi connectivity index (χ1v) is 13.4. The number of hydrogen-bond donors (Lipinski definition) is 0. The Kier molecular flexibility index (Phi) is 4.67. The molecule has 3 heteroatoms. The molecule has 0 bridgehead atoms. The van der Waals surface area contributed by atoms with Crippen LogP contribution >= 0.6 is 7.14 Å². The van der Waals surface area contributed by atoms with Crippen molar-refractivity contribution in [1.82, 2.24) is 4.57 Å². The first kappa shape index (κ1) is 20.3. The molecule has 0 saturated carbocycles. The highest BCUT2D eigenvalue weighted by Gasteiger charge is 2.42. The van der Waals surface area contributed by atoms with E-state index in [9.17, 15) is 0 Å². The summed E-state index contributed by atoms with van der Waals surface area (Å²) in [6.45, 7) is 4.21. The third kappa shape index (κ3) is 3.21. The van der Waals surface area contributed by atoms with Crippen LogP contribution in [0.25, 0.3) is 22.0 Å². The Balaban J connectivity index is 1.65. The molecule has 0 spiro atoms. The third-order valence-electron chi connectivity index (χ3n) is 6.93. The Morgan fingerprint density at radius 2 is 1.45 bits per heavy atom. The first-order chi connectivity index (χ1) is 16.0. The standard InChI is InChI=1S/C30H26NOP/c1-21-11-14-23(15-12-21)30(31-18-17-24-19-22(2)13-16-28(24)31)33(32)20-25-7-3-4-8-26(25)27-9-5-6-10-29(27)33/h3-19,30H,20H2,1-2H3. The summed E-state index contributed by atoms with van der Waals surface area (Å²) in [6.07, 6.45) is 2.68. The van der Waals surface area contributed by atoms with Crippen molar-refractivity contribution < 1.29 is 4.57 Å². The molecule has 2 atom stereocenters. The lowest BCUT2D eigenvalue weighted by Crippen LogP contribution is -2.24. The third-order valence-corrected chi connectivity index (χ3v) is 10.3. The van der Waals surface area contributed by atoms with Crippen LogP contribution in [0.15, 0.2) is 103 Å². The van der Waals surface area contributed by atoms with Crippen molar-refractivity contribution >= 4 is 23.3 Å². The summed E-state index contributed by atoms with van der Waals surface area (Å²) in [7, 11) is -2.92. The van der Waals surface area contributed by atoms with Gasteiger partial charge < -0.3 is 9.13 Å². The van der Waals surface area contributed by atoms with Crippen molar-refractivity contribution in [2.45, 2.75) is 25.8 Å². The molecular weight excluding hydrogens is 421 g/mol. The van der Waals surface area contributed by atoms with Crippen LogP contribution < -0.4 is 5.30 Å². The van der Waals surface area contributed by atoms with Crippen molar-refractivity contribution in [3.8, 4) is 11.1 Å². The summed E-state index contributed by atoms with van der Waals surface area (Å²) in [4.78, 5) is 0. The predicted octanol–water partition coefficient (Wildman–Crippen LogP) is 7.67. The first-order valence-electron chi connectivity index (χ1n) is 11.4. The van der Waals surface area contributed by atoms with Gasteiger partial charge in [0.25, 0.3) is 0 Å². The lowest BCUT2D eigenvalue weighted by molar-refractivity contribution is 0.563. The van der Waals surface area contributed by atoms with Gasteiger partial charge in [0.05, 0.1) is 0 Å². The van der Waals surface area contributed by atoms with Gasteiger partial charge in [0, 0.05) is 23.2 Å². The van der Waals surface area contributed by atoms with Gasteiger partial charge in [-0.3, -0.25) is 0 Å². The highest BCUT2D eigenvalue weighted by atomic mass is 31.2. The van der Waals surface area contributed by atoms with Crippen LogP contribution in [0.4, 0.5) is 0 Å². The molecule has 162 valence electrons. The number of fused-ring (bicyclic) bond motifs is 4. The van der Waals surface area contributed by atoms with Crippen molar-refractivity contribution in [1.29, 1.82) is 0 Å². The Morgan fingerprint density at radius 1 is 0.758 bits per heavy atom. The smallest absolute Gasteiger partial charge is 0.146 e. The van der Waals surface area contributed by atoms with E-state index in [1.54, 1.807) is 0 Å². The number of aromatic nitrogens is 1. The number of aryl methyl sites for hydroxylation is 2. The predicted molar refractivity (Wildman–Crippen MR) is 139 cm³/mol. The number of benzene rings is 4. The number of nitrogens with zero attached hydrogens (tertiary/aromatic N) is 1. The fourth-order valence-electron chi connectivity index (χ4n) is 5.35. The zero-order valence-electron chi connectivity index (χ0n) is 18.9. The topological polar surface area (TPSA) is 22.0 Å². The van der Waals surface area contributed by atoms with Crippen LogP contribution in [0, 0.1) is 13.8 Å². The minimum Gasteiger partial charge on any atom is -0.333 e. The van der Waals surface area contributed by atoms with Crippen LogP contribution in [-0.4, -0.2) is 4.57 Å². The number of rotatable bonds is 3. The minimum absolute atomic E-state index is 0.271. The van der Waals surface area contributed by atoms with Gasteiger partial charge in [-0.05, 0) is 59.7 Å². The molecule has 1 aliphatic heterocycles. The largest absolute Gasteiger partial charge is 0.333 e. The van der Waals surface area contributed by atoms with Gasteiger partial charge in [0.15, 0.2) is 0 Å². The van der Waals surface area contributed by atoms with Gasteiger partial charge in [-0.25, -0.2) is 0 Å². The summed E-state index contributed by atoms with van der Waals surface area (Å²) in [5.74, 6) is -0.271. The summed E-state index contributed by atoms with van der Waals surface area (Å²) in [6, 6.07) is 34.0. The Hall–Kier alpha value is -3.35. The van der Waals surface area contributed by atoms with E-state index in [1.807, 2.05) is 6.07 Å². The van der Waals surface area contributed by atoms with E-state index in [1.165, 1.54) is 27.6 Å². The van der Waals surface area contributed by atoms with E-state index in [-0.39, 0.29) is 5.78 Å². The highest BCUT2D eigenvalue weighted by molar-refractivity contribution is 7.71. The SMILES string of the molecule is Cc1ccc(C(n2ccc3cc(C)ccc32)P2(=O)Cc3ccccc3-c3ccccc32)cc1. The van der Waals surface area contributed by atoms with Crippen LogP contribution in [-0.2, 0) is 10.7 Å². The second kappa shape index (κ2) is 7.61. The normalized spacial score (nSPS) is 18.0. The quantitative estimate of drug-likeness (QED) is 0.260. The van der Waals surface area contributed by atoms with Gasteiger partial charge in [-0.1, -0.05) is 90.0 Å². The van der Waals surface area contributed by atoms with Crippen LogP contribution in [0.2, 0.25) is 0 Å². The summed E-state index contributed by atoms with van der Waals surface area (Å²) in [5, 5.41) is 2.17. The Morgan fingerprint density at radius 3 is 2.27 bits per heavy atom. The summed E-state index contributed by atoms with van der Waals surface area (Å²) < 4.78 is 17.6. The molecule has 5 aromatic rings. The van der Waals surface area contributed by atoms with E-state index >= 15 is 4.57 Å². The van der Waals surface area contributed by atoms with Crippen LogP contribution in [0.5, 0.6) is 0 Å². The zero-order valence-corrected chi connectivity index (χ0v) is 19.8. The fraction of sp³-hybridized carbons (Fsp3) is 0.133. The molecule has 2 unspecified atom stereocenters. The van der Waals surface area contributed by atoms with E-state index in [2.05, 4.69) is 116 Å². The molecule has 2 heterocycles. The average Bonchev–Trinajstić information content (AvgIpc) is 3.23. The highest BCUT2D eigenvalue weighted by Crippen LogP contribution is 2.65. The van der Waals surface area contributed by atoms with E-state index in [0.29, 0.717) is 6.16 Å². The molecule has 0 saturated heterocycles.